The van der Waals surface area contributed by atoms with Crippen LogP contribution in [0.2, 0.25) is 0 Å². The van der Waals surface area contributed by atoms with Gasteiger partial charge >= 0.3 is 0 Å². The summed E-state index contributed by atoms with van der Waals surface area (Å²) in [7, 11) is 0. The molecule has 0 saturated carbocycles. The number of hydrogen-bond donors (Lipinski definition) is 0. The number of amides is 1. The van der Waals surface area contributed by atoms with E-state index in [0.29, 0.717) is 11.7 Å². The van der Waals surface area contributed by atoms with Crippen LogP contribution < -0.4 is 0 Å². The summed E-state index contributed by atoms with van der Waals surface area (Å²) in [6.45, 7) is 3.92. The Labute approximate surface area is 169 Å². The van der Waals surface area contributed by atoms with Crippen LogP contribution in [0.5, 0.6) is 0 Å². The Morgan fingerprint density at radius 3 is 2.68 bits per heavy atom. The number of hydrogen-bond acceptors (Lipinski definition) is 5. The number of rotatable bonds is 5. The van der Waals surface area contributed by atoms with Crippen molar-refractivity contribution in [3.05, 3.63) is 54.9 Å². The fourth-order valence-corrected chi connectivity index (χ4v) is 4.35. The Morgan fingerprint density at radius 1 is 1.14 bits per heavy atom. The van der Waals surface area contributed by atoms with E-state index < -0.39 is 0 Å². The number of nitrogens with zero attached hydrogens (tertiary/aromatic N) is 5. The molecule has 6 nitrogen and oxygen atoms in total. The molecule has 3 heterocycles. The first kappa shape index (κ1) is 18.7. The van der Waals surface area contributed by atoms with Crippen molar-refractivity contribution < 1.29 is 4.79 Å². The van der Waals surface area contributed by atoms with E-state index in [1.54, 1.807) is 12.4 Å². The van der Waals surface area contributed by atoms with Crippen LogP contribution in [0.3, 0.4) is 0 Å². The summed E-state index contributed by atoms with van der Waals surface area (Å²) >= 11 is 1.44. The molecular weight excluding hydrogens is 370 g/mol. The highest BCUT2D eigenvalue weighted by molar-refractivity contribution is 7.99. The molecule has 0 bridgehead atoms. The van der Waals surface area contributed by atoms with Crippen LogP contribution in [0.4, 0.5) is 0 Å². The first-order chi connectivity index (χ1) is 13.7. The van der Waals surface area contributed by atoms with Crippen molar-refractivity contribution in [2.45, 2.75) is 24.9 Å². The van der Waals surface area contributed by atoms with Crippen molar-refractivity contribution in [3.63, 3.8) is 0 Å². The van der Waals surface area contributed by atoms with E-state index in [4.69, 9.17) is 0 Å². The molecular formula is C21H23N5OS. The fraction of sp³-hybridized carbons (Fsp3) is 0.333. The predicted molar refractivity (Wildman–Crippen MR) is 110 cm³/mol. The first-order valence-electron chi connectivity index (χ1n) is 9.54. The maximum atomic E-state index is 12.7. The Hall–Kier alpha value is -2.67. The van der Waals surface area contributed by atoms with Crippen LogP contribution in [-0.4, -0.2) is 49.4 Å². The second-order valence-corrected chi connectivity index (χ2v) is 8.03. The third-order valence-electron chi connectivity index (χ3n) is 4.92. The van der Waals surface area contributed by atoms with Crippen molar-refractivity contribution >= 4 is 17.7 Å². The van der Waals surface area contributed by atoms with Gasteiger partial charge in [0.2, 0.25) is 5.91 Å². The molecule has 1 saturated heterocycles. The number of para-hydroxylation sites is 1. The minimum Gasteiger partial charge on any atom is -0.342 e. The highest BCUT2D eigenvalue weighted by Gasteiger charge is 2.22. The molecule has 1 aliphatic heterocycles. The maximum absolute atomic E-state index is 12.7. The van der Waals surface area contributed by atoms with E-state index in [1.807, 2.05) is 51.9 Å². The molecule has 144 valence electrons. The average Bonchev–Trinajstić information content (AvgIpc) is 3.17. The number of thioether (sulfide) groups is 1. The lowest BCUT2D eigenvalue weighted by atomic mass is 10.0. The fourth-order valence-electron chi connectivity index (χ4n) is 3.49. The molecule has 0 radical (unpaired) electrons. The maximum Gasteiger partial charge on any atom is 0.233 e. The number of carbonyl (C=O) groups excluding carboxylic acids is 1. The zero-order chi connectivity index (χ0) is 19.3. The normalized spacial score (nSPS) is 16.9. The second-order valence-electron chi connectivity index (χ2n) is 7.09. The van der Waals surface area contributed by atoms with Crippen LogP contribution in [0.25, 0.3) is 17.1 Å². The van der Waals surface area contributed by atoms with E-state index >= 15 is 0 Å². The molecule has 1 unspecified atom stereocenters. The smallest absolute Gasteiger partial charge is 0.233 e. The van der Waals surface area contributed by atoms with E-state index in [0.717, 1.165) is 41.7 Å². The van der Waals surface area contributed by atoms with Gasteiger partial charge in [-0.25, -0.2) is 0 Å². The highest BCUT2D eigenvalue weighted by atomic mass is 32.2. The van der Waals surface area contributed by atoms with Gasteiger partial charge in [0.1, 0.15) is 0 Å². The molecule has 1 amide bonds. The standard InChI is InChI=1S/C21H23N5OS/c1-16-6-5-13-25(14-16)19(27)15-28-21-24-23-20(17-9-11-22-12-10-17)26(21)18-7-3-2-4-8-18/h2-4,7-12,16H,5-6,13-15H2,1H3. The number of likely N-dealkylation sites (tertiary alicyclic amines) is 1. The summed E-state index contributed by atoms with van der Waals surface area (Å²) in [5.74, 6) is 1.86. The zero-order valence-electron chi connectivity index (χ0n) is 15.9. The Kier molecular flexibility index (Phi) is 5.71. The molecule has 1 atom stereocenters. The first-order valence-corrected chi connectivity index (χ1v) is 10.5. The molecule has 1 fully saturated rings. The van der Waals surface area contributed by atoms with E-state index in [-0.39, 0.29) is 5.91 Å². The van der Waals surface area contributed by atoms with Gasteiger partial charge in [-0.3, -0.25) is 14.3 Å². The van der Waals surface area contributed by atoms with Gasteiger partial charge in [0.05, 0.1) is 5.75 Å². The van der Waals surface area contributed by atoms with Crippen LogP contribution in [0.1, 0.15) is 19.8 Å². The molecule has 0 N–H and O–H groups in total. The Morgan fingerprint density at radius 2 is 1.93 bits per heavy atom. The van der Waals surface area contributed by atoms with Crippen molar-refractivity contribution in [1.82, 2.24) is 24.6 Å². The lowest BCUT2D eigenvalue weighted by Gasteiger charge is -2.30. The van der Waals surface area contributed by atoms with E-state index in [9.17, 15) is 4.79 Å². The molecule has 28 heavy (non-hydrogen) atoms. The van der Waals surface area contributed by atoms with Gasteiger partial charge < -0.3 is 4.90 Å². The zero-order valence-corrected chi connectivity index (χ0v) is 16.7. The average molecular weight is 394 g/mol. The topological polar surface area (TPSA) is 63.9 Å². The molecule has 2 aromatic heterocycles. The summed E-state index contributed by atoms with van der Waals surface area (Å²) in [6.07, 6.45) is 5.78. The Bertz CT molecular complexity index is 928. The van der Waals surface area contributed by atoms with Crippen molar-refractivity contribution in [2.75, 3.05) is 18.8 Å². The predicted octanol–water partition coefficient (Wildman–Crippen LogP) is 3.68. The number of pyridine rings is 1. The van der Waals surface area contributed by atoms with Gasteiger partial charge in [0.25, 0.3) is 0 Å². The number of benzene rings is 1. The minimum atomic E-state index is 0.171. The quantitative estimate of drug-likeness (QED) is 0.619. The minimum absolute atomic E-state index is 0.171. The lowest BCUT2D eigenvalue weighted by Crippen LogP contribution is -2.40. The highest BCUT2D eigenvalue weighted by Crippen LogP contribution is 2.28. The van der Waals surface area contributed by atoms with Crippen LogP contribution in [-0.2, 0) is 4.79 Å². The van der Waals surface area contributed by atoms with Crippen molar-refractivity contribution in [1.29, 1.82) is 0 Å². The SMILES string of the molecule is CC1CCCN(C(=O)CSc2nnc(-c3ccncc3)n2-c2ccccc2)C1. The van der Waals surface area contributed by atoms with Gasteiger partial charge in [0, 0.05) is 36.7 Å². The van der Waals surface area contributed by atoms with Crippen molar-refractivity contribution in [3.8, 4) is 17.1 Å². The summed E-state index contributed by atoms with van der Waals surface area (Å²) in [6, 6.07) is 13.8. The van der Waals surface area contributed by atoms with Gasteiger partial charge in [0.15, 0.2) is 11.0 Å². The summed E-state index contributed by atoms with van der Waals surface area (Å²) in [5, 5.41) is 9.51. The molecule has 7 heteroatoms. The molecule has 4 rings (SSSR count). The van der Waals surface area contributed by atoms with Gasteiger partial charge in [-0.15, -0.1) is 10.2 Å². The van der Waals surface area contributed by atoms with Crippen LogP contribution in [0, 0.1) is 5.92 Å². The molecule has 3 aromatic rings. The number of piperidine rings is 1. The Balaban J connectivity index is 1.59. The number of aromatic nitrogens is 4. The van der Waals surface area contributed by atoms with Crippen LogP contribution >= 0.6 is 11.8 Å². The lowest BCUT2D eigenvalue weighted by molar-refractivity contribution is -0.130. The summed E-state index contributed by atoms with van der Waals surface area (Å²) in [4.78, 5) is 18.7. The van der Waals surface area contributed by atoms with Gasteiger partial charge in [-0.2, -0.15) is 0 Å². The molecule has 0 spiro atoms. The third kappa shape index (κ3) is 4.09. The van der Waals surface area contributed by atoms with Gasteiger partial charge in [-0.1, -0.05) is 36.9 Å². The van der Waals surface area contributed by atoms with Crippen molar-refractivity contribution in [2.24, 2.45) is 5.92 Å². The second kappa shape index (κ2) is 8.56. The molecule has 1 aliphatic rings. The van der Waals surface area contributed by atoms with E-state index in [2.05, 4.69) is 22.1 Å². The monoisotopic (exact) mass is 393 g/mol. The molecule has 0 aliphatic carbocycles. The van der Waals surface area contributed by atoms with Gasteiger partial charge in [-0.05, 0) is 43.0 Å². The van der Waals surface area contributed by atoms with Crippen LogP contribution in [0.15, 0.2) is 60.0 Å². The summed E-state index contributed by atoms with van der Waals surface area (Å²) in [5.41, 5.74) is 1.91. The third-order valence-corrected chi connectivity index (χ3v) is 5.83. The largest absolute Gasteiger partial charge is 0.342 e. The molecule has 1 aromatic carbocycles. The number of carbonyl (C=O) groups is 1. The van der Waals surface area contributed by atoms with E-state index in [1.165, 1.54) is 18.2 Å². The summed E-state index contributed by atoms with van der Waals surface area (Å²) < 4.78 is 2.01.